The molecule has 0 saturated heterocycles. The second kappa shape index (κ2) is 31.4. The summed E-state index contributed by atoms with van der Waals surface area (Å²) in [5, 5.41) is 45.2. The standard InChI is InChI=1S/C62H94N4O14S4/c1-5-9-13-17-21-25-39-77-84(75,76)46-62(45-80-83(73,74)42-28-24-20-16-12-8-4)65-52-34-30-32-48-50(36-38-54(66-62)56(48)52)58-59(67)57(60(58)68)49-35-37-53-55-47(49)31-29-33-51(55)63-61(64-53,43-78-81(69,70)40-26-22-18-14-10-6-2)44-79-82(71,72)41-27-23-19-15-11-7-3/h29-38,57-60,63-66H,5-28,39-46H2,1-4H3/q-2. The molecule has 3 atom stereocenters. The molecule has 1 saturated carbocycles. The van der Waals surface area contributed by atoms with Crippen LogP contribution in [0, 0.1) is 0 Å². The van der Waals surface area contributed by atoms with Crippen LogP contribution >= 0.6 is 0 Å². The van der Waals surface area contributed by atoms with Gasteiger partial charge in [-0.3, -0.25) is 16.7 Å². The number of benzene rings is 4. The SMILES string of the molecule is CCCCCCCCOS(=O)(=O)CC1(COS(=O)(=O)CCCCCCCC)Nc2cccc3c(C4C([O-])C(c5ccc6c7c(cccc57)NC(COS(=O)(=O)CCCCCCCC)(COS(=O)(=O)CCCCCCCC)N6)C4[O-])ccc(c23)N1. The molecular formula is C62H94N4O14S4-2. The molecule has 0 aromatic heterocycles. The minimum absolute atomic E-state index is 0.0197. The van der Waals surface area contributed by atoms with Gasteiger partial charge >= 0.3 is 0 Å². The van der Waals surface area contributed by atoms with Crippen LogP contribution in [0.25, 0.3) is 21.5 Å². The van der Waals surface area contributed by atoms with E-state index < -0.39 is 101 Å². The van der Waals surface area contributed by atoms with Gasteiger partial charge in [0.2, 0.25) is 0 Å². The van der Waals surface area contributed by atoms with Crippen LogP contribution in [0.3, 0.4) is 0 Å². The van der Waals surface area contributed by atoms with Gasteiger partial charge in [0, 0.05) is 33.5 Å². The van der Waals surface area contributed by atoms with E-state index in [-0.39, 0.29) is 23.9 Å². The van der Waals surface area contributed by atoms with Crippen molar-refractivity contribution in [1.82, 2.24) is 0 Å². The smallest absolute Gasteiger partial charge is 0.271 e. The van der Waals surface area contributed by atoms with Crippen molar-refractivity contribution in [1.29, 1.82) is 0 Å². The number of nitrogens with one attached hydrogen (secondary N) is 4. The van der Waals surface area contributed by atoms with E-state index in [1.54, 1.807) is 48.5 Å². The third-order valence-electron chi connectivity index (χ3n) is 16.7. The van der Waals surface area contributed by atoms with Crippen LogP contribution in [0.2, 0.25) is 0 Å². The molecule has 3 unspecified atom stereocenters. The molecule has 2 aliphatic heterocycles. The van der Waals surface area contributed by atoms with Crippen LogP contribution in [0.5, 0.6) is 0 Å². The predicted octanol–water partition coefficient (Wildman–Crippen LogP) is 11.2. The molecule has 472 valence electrons. The van der Waals surface area contributed by atoms with Crippen LogP contribution in [0.1, 0.15) is 205 Å². The highest BCUT2D eigenvalue weighted by Crippen LogP contribution is 2.52. The minimum atomic E-state index is -4.27. The Balaban J connectivity index is 1.10. The topological polar surface area (TPSA) is 268 Å². The zero-order valence-corrected chi connectivity index (χ0v) is 53.3. The van der Waals surface area contributed by atoms with Crippen molar-refractivity contribution in [2.45, 2.75) is 217 Å². The summed E-state index contributed by atoms with van der Waals surface area (Å²) in [6.07, 6.45) is 18.4. The summed E-state index contributed by atoms with van der Waals surface area (Å²) in [4.78, 5) is 0. The highest BCUT2D eigenvalue weighted by atomic mass is 32.2. The Labute approximate surface area is 502 Å². The molecule has 4 aromatic rings. The highest BCUT2D eigenvalue weighted by Gasteiger charge is 2.45. The van der Waals surface area contributed by atoms with Gasteiger partial charge in [-0.2, -0.15) is 33.7 Å². The van der Waals surface area contributed by atoms with E-state index in [1.165, 1.54) is 0 Å². The molecule has 22 heteroatoms. The van der Waals surface area contributed by atoms with E-state index in [0.717, 1.165) is 128 Å². The summed E-state index contributed by atoms with van der Waals surface area (Å²) in [5.41, 5.74) is -0.327. The summed E-state index contributed by atoms with van der Waals surface area (Å²) < 4.78 is 130. The maximum absolute atomic E-state index is 14.8. The number of hydrogen-bond donors (Lipinski definition) is 4. The van der Waals surface area contributed by atoms with E-state index in [9.17, 15) is 43.9 Å². The van der Waals surface area contributed by atoms with Crippen molar-refractivity contribution in [3.05, 3.63) is 71.8 Å². The van der Waals surface area contributed by atoms with Gasteiger partial charge in [0.25, 0.3) is 40.5 Å². The van der Waals surface area contributed by atoms with Gasteiger partial charge in [0.05, 0.1) is 23.9 Å². The largest absolute Gasteiger partial charge is 0.851 e. The third kappa shape index (κ3) is 18.6. The fraction of sp³-hybridized carbons (Fsp3) is 0.677. The van der Waals surface area contributed by atoms with Crippen molar-refractivity contribution < 1.29 is 60.6 Å². The first-order chi connectivity index (χ1) is 40.2. The minimum Gasteiger partial charge on any atom is -0.851 e. The average Bonchev–Trinajstić information content (AvgIpc) is 1.45. The Morgan fingerprint density at radius 3 is 1.08 bits per heavy atom. The van der Waals surface area contributed by atoms with E-state index in [4.69, 9.17) is 16.7 Å². The Morgan fingerprint density at radius 1 is 0.381 bits per heavy atom. The molecule has 0 spiro atoms. The van der Waals surface area contributed by atoms with Gasteiger partial charge in [-0.15, -0.1) is 12.2 Å². The van der Waals surface area contributed by atoms with Crippen molar-refractivity contribution in [2.24, 2.45) is 0 Å². The summed E-state index contributed by atoms with van der Waals surface area (Å²) in [5.74, 6) is -3.26. The number of rotatable bonds is 42. The van der Waals surface area contributed by atoms with E-state index in [1.807, 2.05) is 12.1 Å². The summed E-state index contributed by atoms with van der Waals surface area (Å²) in [6.45, 7) is 6.85. The zero-order valence-electron chi connectivity index (χ0n) is 50.1. The quantitative estimate of drug-likeness (QED) is 0.0237. The molecule has 0 radical (unpaired) electrons. The number of unbranched alkanes of at least 4 members (excludes halogenated alkanes) is 20. The van der Waals surface area contributed by atoms with Crippen LogP contribution in [0.15, 0.2) is 60.7 Å². The molecule has 0 amide bonds. The van der Waals surface area contributed by atoms with Gasteiger partial charge in [-0.1, -0.05) is 193 Å². The Kier molecular flexibility index (Phi) is 25.3. The predicted molar refractivity (Wildman–Crippen MR) is 333 cm³/mol. The third-order valence-corrected chi connectivity index (χ3v) is 21.8. The summed E-state index contributed by atoms with van der Waals surface area (Å²) in [6, 6.07) is 17.5. The van der Waals surface area contributed by atoms with Crippen LogP contribution < -0.4 is 31.5 Å². The van der Waals surface area contributed by atoms with Crippen molar-refractivity contribution in [3.63, 3.8) is 0 Å². The fourth-order valence-electron chi connectivity index (χ4n) is 12.0. The zero-order chi connectivity index (χ0) is 60.4. The lowest BCUT2D eigenvalue weighted by Gasteiger charge is -2.62. The average molecular weight is 1250 g/mol. The molecule has 0 bridgehead atoms. The Morgan fingerprint density at radius 2 is 0.702 bits per heavy atom. The number of hydrogen-bond acceptors (Lipinski definition) is 18. The lowest BCUT2D eigenvalue weighted by Crippen LogP contribution is -2.63. The van der Waals surface area contributed by atoms with Gasteiger partial charge in [0.1, 0.15) is 31.2 Å². The molecule has 3 aliphatic rings. The van der Waals surface area contributed by atoms with Gasteiger partial charge in [-0.25, -0.2) is 0 Å². The number of anilines is 4. The maximum atomic E-state index is 14.8. The summed E-state index contributed by atoms with van der Waals surface area (Å²) in [7, 11) is -16.4. The molecule has 2 heterocycles. The van der Waals surface area contributed by atoms with Gasteiger partial charge in [0.15, 0.2) is 5.66 Å². The van der Waals surface area contributed by atoms with Gasteiger partial charge in [-0.05, 0) is 83.7 Å². The van der Waals surface area contributed by atoms with E-state index in [0.29, 0.717) is 81.1 Å². The van der Waals surface area contributed by atoms with Crippen molar-refractivity contribution >= 4 is 84.8 Å². The Bertz CT molecular complexity index is 3130. The molecule has 7 rings (SSSR count). The monoisotopic (exact) mass is 1250 g/mol. The lowest BCUT2D eigenvalue weighted by atomic mass is 9.62. The molecule has 84 heavy (non-hydrogen) atoms. The molecular weight excluding hydrogens is 1150 g/mol. The van der Waals surface area contributed by atoms with Crippen LogP contribution in [-0.2, 0) is 57.2 Å². The molecule has 4 aromatic carbocycles. The molecule has 1 aliphatic carbocycles. The van der Waals surface area contributed by atoms with E-state index >= 15 is 0 Å². The van der Waals surface area contributed by atoms with Crippen LogP contribution in [0.4, 0.5) is 22.7 Å². The van der Waals surface area contributed by atoms with Crippen molar-refractivity contribution in [3.8, 4) is 0 Å². The summed E-state index contributed by atoms with van der Waals surface area (Å²) >= 11 is 0. The first-order valence-corrected chi connectivity index (χ1v) is 37.6. The second-order valence-electron chi connectivity index (χ2n) is 23.7. The van der Waals surface area contributed by atoms with Crippen molar-refractivity contribution in [2.75, 3.05) is 70.7 Å². The first-order valence-electron chi connectivity index (χ1n) is 31.2. The highest BCUT2D eigenvalue weighted by molar-refractivity contribution is 7.87. The molecule has 1 fully saturated rings. The molecule has 18 nitrogen and oxygen atoms in total. The van der Waals surface area contributed by atoms with E-state index in [2.05, 4.69) is 49.0 Å². The van der Waals surface area contributed by atoms with Gasteiger partial charge < -0.3 is 31.5 Å². The second-order valence-corrected chi connectivity index (χ2v) is 30.6. The first kappa shape index (κ1) is 67.7. The normalized spacial score (nSPS) is 20.3. The lowest BCUT2D eigenvalue weighted by molar-refractivity contribution is -0.535. The fourth-order valence-corrected chi connectivity index (χ4v) is 16.5. The Hall–Kier alpha value is -3.84. The molecule has 4 N–H and O–H groups in total. The van der Waals surface area contributed by atoms with Crippen LogP contribution in [-0.4, -0.2) is 107 Å². The maximum Gasteiger partial charge on any atom is 0.271 e.